The van der Waals surface area contributed by atoms with E-state index in [2.05, 4.69) is 15.7 Å². The highest BCUT2D eigenvalue weighted by atomic mass is 32.2. The number of benzene rings is 1. The van der Waals surface area contributed by atoms with Crippen LogP contribution in [-0.2, 0) is 19.1 Å². The van der Waals surface area contributed by atoms with Crippen LogP contribution in [-0.4, -0.2) is 41.6 Å². The number of anilines is 1. The van der Waals surface area contributed by atoms with Gasteiger partial charge in [-0.15, -0.1) is 0 Å². The second kappa shape index (κ2) is 10.4. The van der Waals surface area contributed by atoms with Crippen LogP contribution in [0.3, 0.4) is 0 Å². The molecule has 1 aliphatic heterocycles. The van der Waals surface area contributed by atoms with Gasteiger partial charge >= 0.3 is 11.9 Å². The molecule has 1 unspecified atom stereocenters. The Hall–Kier alpha value is -3.20. The van der Waals surface area contributed by atoms with Crippen molar-refractivity contribution >= 4 is 29.4 Å². The molecule has 0 aliphatic carbocycles. The third-order valence-corrected chi connectivity index (χ3v) is 5.73. The van der Waals surface area contributed by atoms with Gasteiger partial charge in [0.2, 0.25) is 0 Å². The van der Waals surface area contributed by atoms with Gasteiger partial charge in [0.05, 0.1) is 48.4 Å². The van der Waals surface area contributed by atoms with Crippen LogP contribution in [0.5, 0.6) is 0 Å². The molecule has 3 rings (SSSR count). The third kappa shape index (κ3) is 4.67. The molecule has 0 amide bonds. The van der Waals surface area contributed by atoms with Crippen LogP contribution in [0.15, 0.2) is 64.2 Å². The number of hydrogen-bond acceptors (Lipinski definition) is 8. The Bertz CT molecular complexity index is 1060. The predicted molar refractivity (Wildman–Crippen MR) is 124 cm³/mol. The summed E-state index contributed by atoms with van der Waals surface area (Å²) in [5.74, 6) is -1.72. The summed E-state index contributed by atoms with van der Waals surface area (Å²) in [5.41, 5.74) is 6.74. The van der Waals surface area contributed by atoms with E-state index in [0.717, 1.165) is 5.69 Å². The normalized spacial score (nSPS) is 16.0. The first-order valence-electron chi connectivity index (χ1n) is 10.3. The van der Waals surface area contributed by atoms with Gasteiger partial charge in [-0.05, 0) is 38.7 Å². The van der Waals surface area contributed by atoms with Crippen LogP contribution < -0.4 is 10.7 Å². The summed E-state index contributed by atoms with van der Waals surface area (Å²) in [7, 11) is 1.33. The number of dihydropyridines is 1. The zero-order chi connectivity index (χ0) is 23.3. The maximum absolute atomic E-state index is 13.1. The second-order valence-corrected chi connectivity index (χ2v) is 8.02. The summed E-state index contributed by atoms with van der Waals surface area (Å²) >= 11 is 1.45. The summed E-state index contributed by atoms with van der Waals surface area (Å²) in [6.45, 7) is 5.81. The molecule has 0 saturated carbocycles. The highest BCUT2D eigenvalue weighted by Crippen LogP contribution is 2.40. The van der Waals surface area contributed by atoms with Gasteiger partial charge in [-0.25, -0.2) is 19.2 Å². The molecule has 2 heterocycles. The number of hydrogen-bond donors (Lipinski definition) is 2. The van der Waals surface area contributed by atoms with E-state index < -0.39 is 17.9 Å². The van der Waals surface area contributed by atoms with E-state index in [9.17, 15) is 9.59 Å². The van der Waals surface area contributed by atoms with E-state index in [1.54, 1.807) is 24.7 Å². The van der Waals surface area contributed by atoms with Crippen molar-refractivity contribution < 1.29 is 19.1 Å². The van der Waals surface area contributed by atoms with E-state index in [0.29, 0.717) is 39.8 Å². The molecule has 0 fully saturated rings. The summed E-state index contributed by atoms with van der Waals surface area (Å²) in [5, 5.41) is 3.83. The Kier molecular flexibility index (Phi) is 7.63. The number of imidazole rings is 1. The zero-order valence-corrected chi connectivity index (χ0v) is 19.7. The minimum Gasteiger partial charge on any atom is -0.466 e. The molecule has 0 saturated heterocycles. The number of methoxy groups -OCH3 is 1. The fourth-order valence-corrected chi connectivity index (χ4v) is 4.15. The van der Waals surface area contributed by atoms with Crippen molar-refractivity contribution in [3.63, 3.8) is 0 Å². The predicted octanol–water partition coefficient (Wildman–Crippen LogP) is 3.84. The van der Waals surface area contributed by atoms with Gasteiger partial charge < -0.3 is 14.8 Å². The first kappa shape index (κ1) is 23.5. The summed E-state index contributed by atoms with van der Waals surface area (Å²) < 4.78 is 12.4. The topological polar surface area (TPSA) is 94.5 Å². The van der Waals surface area contributed by atoms with Crippen molar-refractivity contribution in [3.8, 4) is 0 Å². The molecule has 1 aromatic heterocycles. The van der Waals surface area contributed by atoms with E-state index in [1.807, 2.05) is 43.5 Å². The van der Waals surface area contributed by atoms with Crippen LogP contribution in [0.2, 0.25) is 0 Å². The van der Waals surface area contributed by atoms with Crippen LogP contribution in [0.1, 0.15) is 38.8 Å². The number of nitrogens with zero attached hydrogens (tertiary/aromatic N) is 2. The number of carbonyl (C=O) groups is 2. The molecular formula is C23H28N4O4S. The lowest BCUT2D eigenvalue weighted by atomic mass is 9.83. The molecule has 1 aromatic carbocycles. The molecule has 32 heavy (non-hydrogen) atoms. The molecule has 9 heteroatoms. The van der Waals surface area contributed by atoms with Crippen molar-refractivity contribution in [2.24, 2.45) is 0 Å². The number of ether oxygens (including phenoxy) is 2. The Labute approximate surface area is 192 Å². The number of thioether (sulfide) groups is 1. The van der Waals surface area contributed by atoms with Crippen molar-refractivity contribution in [2.75, 3.05) is 25.4 Å². The minimum atomic E-state index is -0.724. The number of carbonyl (C=O) groups excluding carboxylic acids is 2. The van der Waals surface area contributed by atoms with E-state index in [1.165, 1.54) is 18.9 Å². The highest BCUT2D eigenvalue weighted by Gasteiger charge is 2.40. The van der Waals surface area contributed by atoms with E-state index >= 15 is 0 Å². The Morgan fingerprint density at radius 1 is 1.16 bits per heavy atom. The number of para-hydroxylation sites is 1. The van der Waals surface area contributed by atoms with Gasteiger partial charge in [0, 0.05) is 11.4 Å². The molecule has 0 bridgehead atoms. The number of esters is 2. The Morgan fingerprint density at radius 3 is 2.41 bits per heavy atom. The first-order chi connectivity index (χ1) is 15.4. The quantitative estimate of drug-likeness (QED) is 0.457. The van der Waals surface area contributed by atoms with Gasteiger partial charge in [-0.3, -0.25) is 5.43 Å². The van der Waals surface area contributed by atoms with Crippen LogP contribution in [0, 0.1) is 0 Å². The molecular weight excluding hydrogens is 428 g/mol. The van der Waals surface area contributed by atoms with E-state index in [4.69, 9.17) is 9.47 Å². The lowest BCUT2D eigenvalue weighted by Gasteiger charge is -2.30. The van der Waals surface area contributed by atoms with Crippen LogP contribution in [0.25, 0.3) is 0 Å². The highest BCUT2D eigenvalue weighted by molar-refractivity contribution is 7.98. The number of nitrogens with one attached hydrogen (secondary N) is 2. The number of rotatable bonds is 8. The number of allylic oxidation sites excluding steroid dienone is 2. The van der Waals surface area contributed by atoms with Gasteiger partial charge in [0.1, 0.15) is 0 Å². The maximum atomic E-state index is 13.1. The first-order valence-corrected chi connectivity index (χ1v) is 11.5. The van der Waals surface area contributed by atoms with Gasteiger partial charge in [-0.2, -0.15) is 0 Å². The SMILES string of the molecule is CCCOC(=O)C1=C(C)NC(C)=C(C(=O)OC)C1c1cnc(SC)n1Nc1ccccc1. The van der Waals surface area contributed by atoms with Crippen LogP contribution >= 0.6 is 11.8 Å². The van der Waals surface area contributed by atoms with Gasteiger partial charge in [-0.1, -0.05) is 36.9 Å². The molecule has 2 N–H and O–H groups in total. The Balaban J connectivity index is 2.19. The molecule has 2 aromatic rings. The third-order valence-electron chi connectivity index (χ3n) is 5.07. The van der Waals surface area contributed by atoms with E-state index in [-0.39, 0.29) is 6.61 Å². The van der Waals surface area contributed by atoms with Gasteiger partial charge in [0.25, 0.3) is 0 Å². The summed E-state index contributed by atoms with van der Waals surface area (Å²) in [6.07, 6.45) is 4.28. The molecule has 0 spiro atoms. The monoisotopic (exact) mass is 456 g/mol. The largest absolute Gasteiger partial charge is 0.466 e. The van der Waals surface area contributed by atoms with Crippen LogP contribution in [0.4, 0.5) is 5.69 Å². The lowest BCUT2D eigenvalue weighted by Crippen LogP contribution is -2.34. The van der Waals surface area contributed by atoms with Gasteiger partial charge in [0.15, 0.2) is 5.16 Å². The molecule has 8 nitrogen and oxygen atoms in total. The fraction of sp³-hybridized carbons (Fsp3) is 0.348. The Morgan fingerprint density at radius 2 is 1.81 bits per heavy atom. The molecule has 170 valence electrons. The molecule has 1 aliphatic rings. The average molecular weight is 457 g/mol. The van der Waals surface area contributed by atoms with Crippen molar-refractivity contribution in [1.29, 1.82) is 0 Å². The maximum Gasteiger partial charge on any atom is 0.336 e. The summed E-state index contributed by atoms with van der Waals surface area (Å²) in [6, 6.07) is 9.62. The standard InChI is InChI=1S/C23H28N4O4S/c1-6-12-31-22(29)19-15(3)25-14(2)18(21(28)30-4)20(19)17-13-24-23(32-5)27(17)26-16-10-8-7-9-11-16/h7-11,13,20,25-26H,6,12H2,1-5H3. The number of aromatic nitrogens is 2. The van der Waals surface area contributed by atoms with Crippen molar-refractivity contribution in [3.05, 3.63) is 64.8 Å². The summed E-state index contributed by atoms with van der Waals surface area (Å²) in [4.78, 5) is 30.5. The minimum absolute atomic E-state index is 0.288. The molecule has 1 atom stereocenters. The smallest absolute Gasteiger partial charge is 0.336 e. The lowest BCUT2D eigenvalue weighted by molar-refractivity contribution is -0.139. The van der Waals surface area contributed by atoms with Crippen molar-refractivity contribution in [2.45, 2.75) is 38.3 Å². The second-order valence-electron chi connectivity index (χ2n) is 7.25. The average Bonchev–Trinajstić information content (AvgIpc) is 3.19. The van der Waals surface area contributed by atoms with Crippen molar-refractivity contribution in [1.82, 2.24) is 15.0 Å². The fourth-order valence-electron chi connectivity index (χ4n) is 3.66. The molecule has 0 radical (unpaired) electrons. The zero-order valence-electron chi connectivity index (χ0n) is 18.9.